The molecule has 2 amide bonds. The first kappa shape index (κ1) is 15.8. The number of nitrogens with one attached hydrogen (secondary N) is 2. The molecule has 2 aromatic carbocycles. The van der Waals surface area contributed by atoms with Gasteiger partial charge in [-0.05, 0) is 49.2 Å². The number of carbonyl (C=O) groups excluding carboxylic acids is 2. The predicted octanol–water partition coefficient (Wildman–Crippen LogP) is 4.59. The van der Waals surface area contributed by atoms with Gasteiger partial charge in [-0.25, -0.2) is 0 Å². The highest BCUT2D eigenvalue weighted by Gasteiger charge is 2.29. The third-order valence-corrected chi connectivity index (χ3v) is 3.90. The van der Waals surface area contributed by atoms with E-state index in [9.17, 15) is 9.59 Å². The molecule has 0 aromatic heterocycles. The molecule has 0 atom stereocenters. The molecule has 0 bridgehead atoms. The molecule has 118 valence electrons. The van der Waals surface area contributed by atoms with Crippen molar-refractivity contribution in [1.82, 2.24) is 0 Å². The van der Waals surface area contributed by atoms with Crippen LogP contribution in [-0.4, -0.2) is 11.8 Å². The molecule has 1 aliphatic carbocycles. The summed E-state index contributed by atoms with van der Waals surface area (Å²) in [5.74, 6) is -0.169. The second-order valence-electron chi connectivity index (χ2n) is 5.46. The molecule has 1 saturated carbocycles. The fourth-order valence-corrected chi connectivity index (χ4v) is 2.68. The molecule has 0 unspecified atom stereocenters. The molecule has 2 N–H and O–H groups in total. The van der Waals surface area contributed by atoms with Crippen molar-refractivity contribution in [3.05, 3.63) is 58.1 Å². The van der Waals surface area contributed by atoms with Gasteiger partial charge in [-0.3, -0.25) is 9.59 Å². The van der Waals surface area contributed by atoms with Gasteiger partial charge in [-0.15, -0.1) is 0 Å². The van der Waals surface area contributed by atoms with Crippen LogP contribution in [0.2, 0.25) is 10.0 Å². The van der Waals surface area contributed by atoms with Gasteiger partial charge in [0.15, 0.2) is 0 Å². The minimum Gasteiger partial charge on any atom is -0.326 e. The van der Waals surface area contributed by atoms with Crippen LogP contribution in [0.3, 0.4) is 0 Å². The van der Waals surface area contributed by atoms with Crippen LogP contribution in [-0.2, 0) is 4.79 Å². The number of carbonyl (C=O) groups is 2. The van der Waals surface area contributed by atoms with E-state index in [0.29, 0.717) is 27.0 Å². The summed E-state index contributed by atoms with van der Waals surface area (Å²) in [5, 5.41) is 6.40. The molecule has 6 heteroatoms. The van der Waals surface area contributed by atoms with Crippen molar-refractivity contribution in [2.75, 3.05) is 10.6 Å². The molecule has 23 heavy (non-hydrogen) atoms. The normalized spacial score (nSPS) is 13.5. The average molecular weight is 349 g/mol. The van der Waals surface area contributed by atoms with E-state index in [1.54, 1.807) is 42.5 Å². The maximum Gasteiger partial charge on any atom is 0.255 e. The molecule has 2 aromatic rings. The zero-order valence-corrected chi connectivity index (χ0v) is 13.6. The van der Waals surface area contributed by atoms with Crippen LogP contribution in [0.4, 0.5) is 11.4 Å². The van der Waals surface area contributed by atoms with Gasteiger partial charge in [0, 0.05) is 32.9 Å². The van der Waals surface area contributed by atoms with Crippen molar-refractivity contribution in [1.29, 1.82) is 0 Å². The summed E-state index contributed by atoms with van der Waals surface area (Å²) in [5.41, 5.74) is 1.61. The number of amides is 2. The zero-order valence-electron chi connectivity index (χ0n) is 12.1. The Balaban J connectivity index is 1.71. The van der Waals surface area contributed by atoms with Gasteiger partial charge < -0.3 is 10.6 Å². The number of halogens is 2. The van der Waals surface area contributed by atoms with Crippen LogP contribution >= 0.6 is 23.2 Å². The zero-order chi connectivity index (χ0) is 16.4. The van der Waals surface area contributed by atoms with Crippen molar-refractivity contribution < 1.29 is 9.59 Å². The van der Waals surface area contributed by atoms with Crippen molar-refractivity contribution in [2.24, 2.45) is 5.92 Å². The van der Waals surface area contributed by atoms with Gasteiger partial charge in [0.1, 0.15) is 0 Å². The van der Waals surface area contributed by atoms with E-state index < -0.39 is 0 Å². The van der Waals surface area contributed by atoms with E-state index >= 15 is 0 Å². The van der Waals surface area contributed by atoms with E-state index in [1.165, 1.54) is 0 Å². The van der Waals surface area contributed by atoms with E-state index in [2.05, 4.69) is 10.6 Å². The van der Waals surface area contributed by atoms with Crippen LogP contribution in [0.25, 0.3) is 0 Å². The second kappa shape index (κ2) is 6.60. The van der Waals surface area contributed by atoms with Crippen LogP contribution in [0.5, 0.6) is 0 Å². The Morgan fingerprint density at radius 2 is 1.52 bits per heavy atom. The fraction of sp³-hybridized carbons (Fsp3) is 0.176. The van der Waals surface area contributed by atoms with E-state index in [-0.39, 0.29) is 17.7 Å². The summed E-state index contributed by atoms with van der Waals surface area (Å²) >= 11 is 11.8. The third kappa shape index (κ3) is 4.24. The van der Waals surface area contributed by atoms with Crippen molar-refractivity contribution in [2.45, 2.75) is 12.8 Å². The maximum atomic E-state index is 12.3. The Morgan fingerprint density at radius 1 is 0.913 bits per heavy atom. The van der Waals surface area contributed by atoms with Gasteiger partial charge >= 0.3 is 0 Å². The topological polar surface area (TPSA) is 58.2 Å². The smallest absolute Gasteiger partial charge is 0.255 e. The Labute approximate surface area is 143 Å². The summed E-state index contributed by atoms with van der Waals surface area (Å²) in [6, 6.07) is 11.7. The molecule has 0 spiro atoms. The third-order valence-electron chi connectivity index (χ3n) is 3.46. The summed E-state index contributed by atoms with van der Waals surface area (Å²) in [6.07, 6.45) is 1.88. The maximum absolute atomic E-state index is 12.3. The fourth-order valence-electron chi connectivity index (χ4n) is 2.15. The van der Waals surface area contributed by atoms with Crippen LogP contribution in [0.1, 0.15) is 23.2 Å². The molecule has 4 nitrogen and oxygen atoms in total. The van der Waals surface area contributed by atoms with Gasteiger partial charge in [-0.2, -0.15) is 0 Å². The predicted molar refractivity (Wildman–Crippen MR) is 92.2 cm³/mol. The van der Waals surface area contributed by atoms with Crippen molar-refractivity contribution in [3.63, 3.8) is 0 Å². The quantitative estimate of drug-likeness (QED) is 0.848. The first-order valence-corrected chi connectivity index (χ1v) is 7.95. The Hall–Kier alpha value is -2.04. The molecule has 1 aliphatic rings. The summed E-state index contributed by atoms with van der Waals surface area (Å²) < 4.78 is 0. The molecular weight excluding hydrogens is 335 g/mol. The lowest BCUT2D eigenvalue weighted by Crippen LogP contribution is -2.14. The van der Waals surface area contributed by atoms with E-state index in [0.717, 1.165) is 12.8 Å². The lowest BCUT2D eigenvalue weighted by Gasteiger charge is -2.09. The summed E-state index contributed by atoms with van der Waals surface area (Å²) in [7, 11) is 0. The Kier molecular flexibility index (Phi) is 4.55. The summed E-state index contributed by atoms with van der Waals surface area (Å²) in [6.45, 7) is 0. The highest BCUT2D eigenvalue weighted by molar-refractivity contribution is 6.35. The first-order chi connectivity index (χ1) is 11.0. The standard InChI is InChI=1S/C17H14Cl2N2O2/c18-12-6-11(7-13(19)8-12)17(23)21-15-3-1-2-14(9-15)20-16(22)10-4-5-10/h1-3,6-10H,4-5H2,(H,20,22)(H,21,23). The molecule has 0 radical (unpaired) electrons. The minimum absolute atomic E-state index is 0.0232. The molecule has 0 saturated heterocycles. The number of hydrogen-bond donors (Lipinski definition) is 2. The number of benzene rings is 2. The number of hydrogen-bond acceptors (Lipinski definition) is 2. The van der Waals surface area contributed by atoms with Crippen LogP contribution in [0, 0.1) is 5.92 Å². The first-order valence-electron chi connectivity index (χ1n) is 7.19. The molecule has 0 heterocycles. The molecular formula is C17H14Cl2N2O2. The highest BCUT2D eigenvalue weighted by atomic mass is 35.5. The summed E-state index contributed by atoms with van der Waals surface area (Å²) in [4.78, 5) is 24.0. The molecule has 1 fully saturated rings. The van der Waals surface area contributed by atoms with E-state index in [4.69, 9.17) is 23.2 Å². The monoisotopic (exact) mass is 348 g/mol. The number of rotatable bonds is 4. The van der Waals surface area contributed by atoms with Crippen LogP contribution in [0.15, 0.2) is 42.5 Å². The Bertz CT molecular complexity index is 753. The Morgan fingerprint density at radius 3 is 2.13 bits per heavy atom. The highest BCUT2D eigenvalue weighted by Crippen LogP contribution is 2.30. The van der Waals surface area contributed by atoms with Crippen molar-refractivity contribution in [3.8, 4) is 0 Å². The van der Waals surface area contributed by atoms with Crippen molar-refractivity contribution >= 4 is 46.4 Å². The van der Waals surface area contributed by atoms with Gasteiger partial charge in [0.05, 0.1) is 0 Å². The SMILES string of the molecule is O=C(Nc1cccc(NC(=O)C2CC2)c1)c1cc(Cl)cc(Cl)c1. The lowest BCUT2D eigenvalue weighted by molar-refractivity contribution is -0.117. The largest absolute Gasteiger partial charge is 0.326 e. The average Bonchev–Trinajstić information content (AvgIpc) is 3.31. The second-order valence-corrected chi connectivity index (χ2v) is 6.33. The minimum atomic E-state index is -0.319. The van der Waals surface area contributed by atoms with Gasteiger partial charge in [0.25, 0.3) is 5.91 Å². The number of anilines is 2. The van der Waals surface area contributed by atoms with Crippen LogP contribution < -0.4 is 10.6 Å². The van der Waals surface area contributed by atoms with Gasteiger partial charge in [0.2, 0.25) is 5.91 Å². The van der Waals surface area contributed by atoms with Gasteiger partial charge in [-0.1, -0.05) is 29.3 Å². The van der Waals surface area contributed by atoms with E-state index in [1.807, 2.05) is 0 Å². The molecule has 3 rings (SSSR count). The lowest BCUT2D eigenvalue weighted by atomic mass is 10.2. The molecule has 0 aliphatic heterocycles.